The summed E-state index contributed by atoms with van der Waals surface area (Å²) in [7, 11) is 0. The molecule has 0 radical (unpaired) electrons. The molecule has 6 heteroatoms. The Morgan fingerprint density at radius 1 is 1.31 bits per heavy atom. The van der Waals surface area contributed by atoms with Crippen LogP contribution in [0, 0.1) is 0 Å². The van der Waals surface area contributed by atoms with Crippen molar-refractivity contribution in [2.24, 2.45) is 0 Å². The summed E-state index contributed by atoms with van der Waals surface area (Å²) in [6.07, 6.45) is -4.34. The average molecular weight is 249 g/mol. The molecule has 0 saturated carbocycles. The van der Waals surface area contributed by atoms with Gasteiger partial charge in [0, 0.05) is 10.6 Å². The number of anilines is 1. The van der Waals surface area contributed by atoms with Crippen LogP contribution in [0.4, 0.5) is 18.9 Å². The Labute approximate surface area is 95.0 Å². The van der Waals surface area contributed by atoms with Crippen LogP contribution in [0.5, 0.6) is 0 Å². The van der Waals surface area contributed by atoms with Crippen molar-refractivity contribution in [1.82, 2.24) is 0 Å². The van der Waals surface area contributed by atoms with E-state index in [1.807, 2.05) is 0 Å². The number of benzene rings is 1. The van der Waals surface area contributed by atoms with Gasteiger partial charge in [-0.05, 0) is 18.2 Å². The molecule has 0 bridgehead atoms. The summed E-state index contributed by atoms with van der Waals surface area (Å²) in [5.74, 6) is 0. The zero-order valence-electron chi connectivity index (χ0n) is 8.25. The SMILES string of the molecule is Nc1cc(C(F)(F)F)ccc1SC1COC1. The van der Waals surface area contributed by atoms with Gasteiger partial charge in [0.15, 0.2) is 0 Å². The lowest BCUT2D eigenvalue weighted by molar-refractivity contribution is -0.137. The zero-order valence-corrected chi connectivity index (χ0v) is 9.07. The van der Waals surface area contributed by atoms with Crippen molar-refractivity contribution in [3.05, 3.63) is 23.8 Å². The number of thioether (sulfide) groups is 1. The molecular weight excluding hydrogens is 239 g/mol. The van der Waals surface area contributed by atoms with Gasteiger partial charge in [0.25, 0.3) is 0 Å². The highest BCUT2D eigenvalue weighted by atomic mass is 32.2. The quantitative estimate of drug-likeness (QED) is 0.818. The number of nitrogen functional groups attached to an aromatic ring is 1. The summed E-state index contributed by atoms with van der Waals surface area (Å²) in [4.78, 5) is 0.682. The molecule has 16 heavy (non-hydrogen) atoms. The monoisotopic (exact) mass is 249 g/mol. The first-order valence-corrected chi connectivity index (χ1v) is 5.56. The Bertz CT molecular complexity index is 390. The van der Waals surface area contributed by atoms with Gasteiger partial charge in [-0.15, -0.1) is 11.8 Å². The Kier molecular flexibility index (Phi) is 3.03. The van der Waals surface area contributed by atoms with Crippen molar-refractivity contribution in [1.29, 1.82) is 0 Å². The van der Waals surface area contributed by atoms with Crippen LogP contribution in [-0.2, 0) is 10.9 Å². The summed E-state index contributed by atoms with van der Waals surface area (Å²) in [6.45, 7) is 1.26. The number of alkyl halides is 3. The number of nitrogens with two attached hydrogens (primary N) is 1. The fourth-order valence-electron chi connectivity index (χ4n) is 1.29. The molecule has 2 N–H and O–H groups in total. The van der Waals surface area contributed by atoms with Crippen LogP contribution in [0.25, 0.3) is 0 Å². The normalized spacial score (nSPS) is 17.2. The fourth-order valence-corrected chi connectivity index (χ4v) is 2.32. The van der Waals surface area contributed by atoms with E-state index < -0.39 is 11.7 Å². The molecular formula is C10H10F3NOS. The predicted octanol–water partition coefficient (Wildman–Crippen LogP) is 2.78. The highest BCUT2D eigenvalue weighted by Crippen LogP contribution is 2.36. The second-order valence-electron chi connectivity index (χ2n) is 3.53. The van der Waals surface area contributed by atoms with E-state index in [0.717, 1.165) is 12.1 Å². The van der Waals surface area contributed by atoms with Gasteiger partial charge in [-0.25, -0.2) is 0 Å². The van der Waals surface area contributed by atoms with Gasteiger partial charge in [-0.2, -0.15) is 13.2 Å². The van der Waals surface area contributed by atoms with Crippen LogP contribution in [0.2, 0.25) is 0 Å². The molecule has 0 aromatic heterocycles. The maximum absolute atomic E-state index is 12.4. The van der Waals surface area contributed by atoms with Gasteiger partial charge in [0.2, 0.25) is 0 Å². The summed E-state index contributed by atoms with van der Waals surface area (Å²) >= 11 is 1.46. The van der Waals surface area contributed by atoms with E-state index in [4.69, 9.17) is 10.5 Å². The Morgan fingerprint density at radius 3 is 2.44 bits per heavy atom. The summed E-state index contributed by atoms with van der Waals surface area (Å²) < 4.78 is 42.1. The maximum Gasteiger partial charge on any atom is 0.416 e. The molecule has 1 heterocycles. The summed E-state index contributed by atoms with van der Waals surface area (Å²) in [5.41, 5.74) is 5.05. The smallest absolute Gasteiger partial charge is 0.398 e. The minimum atomic E-state index is -4.34. The molecule has 1 aromatic carbocycles. The lowest BCUT2D eigenvalue weighted by Crippen LogP contribution is -2.30. The first-order valence-electron chi connectivity index (χ1n) is 4.68. The fraction of sp³-hybridized carbons (Fsp3) is 0.400. The maximum atomic E-state index is 12.4. The number of ether oxygens (including phenoxy) is 1. The molecule has 0 spiro atoms. The topological polar surface area (TPSA) is 35.2 Å². The molecule has 0 aliphatic carbocycles. The molecule has 88 valence electrons. The standard InChI is InChI=1S/C10H10F3NOS/c11-10(12,13)6-1-2-9(8(14)3-6)16-7-4-15-5-7/h1-3,7H,4-5,14H2. The molecule has 1 fully saturated rings. The van der Waals surface area contributed by atoms with Crippen LogP contribution in [0.15, 0.2) is 23.1 Å². The van der Waals surface area contributed by atoms with Crippen molar-refractivity contribution < 1.29 is 17.9 Å². The van der Waals surface area contributed by atoms with E-state index in [2.05, 4.69) is 0 Å². The molecule has 1 saturated heterocycles. The van der Waals surface area contributed by atoms with Gasteiger partial charge < -0.3 is 10.5 Å². The second kappa shape index (κ2) is 4.18. The van der Waals surface area contributed by atoms with Crippen LogP contribution < -0.4 is 5.73 Å². The number of rotatable bonds is 2. The Morgan fingerprint density at radius 2 is 2.00 bits per heavy atom. The molecule has 1 aliphatic heterocycles. The van der Waals surface area contributed by atoms with Gasteiger partial charge >= 0.3 is 6.18 Å². The lowest BCUT2D eigenvalue weighted by atomic mass is 10.2. The average Bonchev–Trinajstić information content (AvgIpc) is 2.11. The van der Waals surface area contributed by atoms with Gasteiger partial charge in [0.1, 0.15) is 0 Å². The third-order valence-corrected chi connectivity index (χ3v) is 3.47. The van der Waals surface area contributed by atoms with E-state index in [0.29, 0.717) is 23.4 Å². The van der Waals surface area contributed by atoms with Crippen molar-refractivity contribution in [2.75, 3.05) is 18.9 Å². The van der Waals surface area contributed by atoms with E-state index >= 15 is 0 Å². The third-order valence-electron chi connectivity index (χ3n) is 2.24. The van der Waals surface area contributed by atoms with E-state index in [-0.39, 0.29) is 5.69 Å². The zero-order chi connectivity index (χ0) is 11.8. The van der Waals surface area contributed by atoms with Crippen molar-refractivity contribution in [2.45, 2.75) is 16.3 Å². The third kappa shape index (κ3) is 2.44. The highest BCUT2D eigenvalue weighted by Gasteiger charge is 2.31. The van der Waals surface area contributed by atoms with Crippen molar-refractivity contribution in [3.8, 4) is 0 Å². The lowest BCUT2D eigenvalue weighted by Gasteiger charge is -2.25. The molecule has 0 atom stereocenters. The predicted molar refractivity (Wildman–Crippen MR) is 56.3 cm³/mol. The van der Waals surface area contributed by atoms with Gasteiger partial charge in [-0.3, -0.25) is 0 Å². The van der Waals surface area contributed by atoms with Crippen LogP contribution in [0.3, 0.4) is 0 Å². The van der Waals surface area contributed by atoms with Gasteiger partial charge in [0.05, 0.1) is 24.0 Å². The van der Waals surface area contributed by atoms with E-state index in [9.17, 15) is 13.2 Å². The number of hydrogen-bond acceptors (Lipinski definition) is 3. The van der Waals surface area contributed by atoms with Crippen molar-refractivity contribution >= 4 is 17.4 Å². The number of halogens is 3. The van der Waals surface area contributed by atoms with Crippen molar-refractivity contribution in [3.63, 3.8) is 0 Å². The first kappa shape index (κ1) is 11.6. The minimum Gasteiger partial charge on any atom is -0.398 e. The van der Waals surface area contributed by atoms with E-state index in [1.54, 1.807) is 0 Å². The summed E-state index contributed by atoms with van der Waals surface area (Å²) in [5, 5.41) is 0.305. The minimum absolute atomic E-state index is 0.173. The molecule has 2 nitrogen and oxygen atoms in total. The molecule has 1 aromatic rings. The second-order valence-corrected chi connectivity index (χ2v) is 4.87. The number of hydrogen-bond donors (Lipinski definition) is 1. The summed E-state index contributed by atoms with van der Waals surface area (Å²) in [6, 6.07) is 3.45. The van der Waals surface area contributed by atoms with Crippen LogP contribution in [0.1, 0.15) is 5.56 Å². The molecule has 0 unspecified atom stereocenters. The Balaban J connectivity index is 2.15. The van der Waals surface area contributed by atoms with Crippen LogP contribution >= 0.6 is 11.8 Å². The molecule has 2 rings (SSSR count). The largest absolute Gasteiger partial charge is 0.416 e. The van der Waals surface area contributed by atoms with Crippen LogP contribution in [-0.4, -0.2) is 18.5 Å². The van der Waals surface area contributed by atoms with Gasteiger partial charge in [-0.1, -0.05) is 0 Å². The molecule has 1 aliphatic rings. The first-order chi connectivity index (χ1) is 7.47. The Hall–Kier alpha value is -0.880. The highest BCUT2D eigenvalue weighted by molar-refractivity contribution is 8.00. The van der Waals surface area contributed by atoms with E-state index in [1.165, 1.54) is 17.8 Å². The molecule has 0 amide bonds.